The highest BCUT2D eigenvalue weighted by molar-refractivity contribution is 5.94. The highest BCUT2D eigenvalue weighted by Gasteiger charge is 2.18. The average Bonchev–Trinajstić information content (AvgIpc) is 3.21. The number of rotatable bonds is 6. The van der Waals surface area contributed by atoms with Crippen molar-refractivity contribution in [2.45, 2.75) is 32.4 Å². The number of aryl methyl sites for hydroxylation is 1. The van der Waals surface area contributed by atoms with Crippen molar-refractivity contribution < 1.29 is 23.1 Å². The number of anilines is 1. The van der Waals surface area contributed by atoms with Crippen molar-refractivity contribution in [1.82, 2.24) is 5.32 Å². The monoisotopic (exact) mass is 408 g/mol. The van der Waals surface area contributed by atoms with Crippen LogP contribution in [0, 0.1) is 5.82 Å². The number of furan rings is 1. The highest BCUT2D eigenvalue weighted by atomic mass is 19.1. The first-order valence-electron chi connectivity index (χ1n) is 9.69. The number of hydrogen-bond donors (Lipinski definition) is 2. The smallest absolute Gasteiger partial charge is 0.287 e. The molecule has 4 rings (SSSR count). The third-order valence-corrected chi connectivity index (χ3v) is 4.96. The Morgan fingerprint density at radius 1 is 1.20 bits per heavy atom. The van der Waals surface area contributed by atoms with Crippen LogP contribution in [0.2, 0.25) is 0 Å². The van der Waals surface area contributed by atoms with Crippen LogP contribution in [-0.4, -0.2) is 11.8 Å². The Labute approximate surface area is 173 Å². The first kappa shape index (κ1) is 19.7. The Morgan fingerprint density at radius 3 is 2.87 bits per heavy atom. The lowest BCUT2D eigenvalue weighted by atomic mass is 10.0. The maximum Gasteiger partial charge on any atom is 0.287 e. The van der Waals surface area contributed by atoms with Crippen LogP contribution in [0.1, 0.15) is 46.8 Å². The van der Waals surface area contributed by atoms with Crippen LogP contribution in [0.4, 0.5) is 10.1 Å². The third-order valence-electron chi connectivity index (χ3n) is 4.96. The fraction of sp³-hybridized carbons (Fsp3) is 0.217. The second-order valence-electron chi connectivity index (χ2n) is 7.14. The predicted molar refractivity (Wildman–Crippen MR) is 109 cm³/mol. The molecule has 2 amide bonds. The Kier molecular flexibility index (Phi) is 5.52. The van der Waals surface area contributed by atoms with Gasteiger partial charge in [-0.25, -0.2) is 4.39 Å². The molecule has 2 aromatic carbocycles. The fourth-order valence-electron chi connectivity index (χ4n) is 3.35. The van der Waals surface area contributed by atoms with Crippen LogP contribution in [0.5, 0.6) is 5.75 Å². The minimum Gasteiger partial charge on any atom is -0.486 e. The van der Waals surface area contributed by atoms with Gasteiger partial charge in [0.2, 0.25) is 5.91 Å². The molecular weight excluding hydrogens is 387 g/mol. The van der Waals surface area contributed by atoms with Gasteiger partial charge in [0.25, 0.3) is 5.91 Å². The van der Waals surface area contributed by atoms with Crippen LogP contribution in [0.25, 0.3) is 0 Å². The van der Waals surface area contributed by atoms with Gasteiger partial charge < -0.3 is 19.8 Å². The molecule has 0 aliphatic carbocycles. The summed E-state index contributed by atoms with van der Waals surface area (Å²) in [6.45, 7) is 1.86. The summed E-state index contributed by atoms with van der Waals surface area (Å²) in [7, 11) is 0. The van der Waals surface area contributed by atoms with Crippen LogP contribution in [-0.2, 0) is 17.8 Å². The summed E-state index contributed by atoms with van der Waals surface area (Å²) in [4.78, 5) is 23.8. The maximum absolute atomic E-state index is 13.9. The van der Waals surface area contributed by atoms with Crippen molar-refractivity contribution in [1.29, 1.82) is 0 Å². The van der Waals surface area contributed by atoms with E-state index >= 15 is 0 Å². The number of carbonyl (C=O) groups is 2. The molecule has 0 bridgehead atoms. The molecule has 3 aromatic rings. The SMILES string of the molecule is CC(NC(=O)c1ccc(COc2ccc3c(c2)CCC(=O)N3)o1)c1ccccc1F. The molecule has 1 aliphatic heterocycles. The van der Waals surface area contributed by atoms with E-state index in [4.69, 9.17) is 9.15 Å². The largest absolute Gasteiger partial charge is 0.486 e. The molecule has 7 heteroatoms. The van der Waals surface area contributed by atoms with Gasteiger partial charge in [-0.2, -0.15) is 0 Å². The second kappa shape index (κ2) is 8.41. The van der Waals surface area contributed by atoms with Crippen LogP contribution in [0.3, 0.4) is 0 Å². The van der Waals surface area contributed by atoms with E-state index in [1.807, 2.05) is 12.1 Å². The third kappa shape index (κ3) is 4.35. The van der Waals surface area contributed by atoms with Crippen molar-refractivity contribution in [2.75, 3.05) is 5.32 Å². The molecule has 2 N–H and O–H groups in total. The topological polar surface area (TPSA) is 80.6 Å². The summed E-state index contributed by atoms with van der Waals surface area (Å²) in [5, 5.41) is 5.56. The van der Waals surface area contributed by atoms with Gasteiger partial charge in [0.1, 0.15) is 23.9 Å². The molecule has 154 valence electrons. The number of nitrogens with one attached hydrogen (secondary N) is 2. The summed E-state index contributed by atoms with van der Waals surface area (Å²) in [5.41, 5.74) is 2.23. The summed E-state index contributed by atoms with van der Waals surface area (Å²) < 4.78 is 25.2. The van der Waals surface area contributed by atoms with Gasteiger partial charge in [0.15, 0.2) is 5.76 Å². The zero-order chi connectivity index (χ0) is 21.1. The van der Waals surface area contributed by atoms with Gasteiger partial charge in [-0.1, -0.05) is 18.2 Å². The lowest BCUT2D eigenvalue weighted by Gasteiger charge is -2.17. The molecular formula is C23H21FN2O4. The molecule has 1 aliphatic rings. The van der Waals surface area contributed by atoms with Crippen molar-refractivity contribution in [3.8, 4) is 5.75 Å². The molecule has 1 unspecified atom stereocenters. The van der Waals surface area contributed by atoms with Gasteiger partial charge in [-0.05, 0) is 55.3 Å². The van der Waals surface area contributed by atoms with E-state index in [0.717, 1.165) is 11.3 Å². The Morgan fingerprint density at radius 2 is 2.03 bits per heavy atom. The first-order valence-corrected chi connectivity index (χ1v) is 9.69. The summed E-state index contributed by atoms with van der Waals surface area (Å²) in [5.74, 6) is 0.488. The van der Waals surface area contributed by atoms with E-state index in [9.17, 15) is 14.0 Å². The van der Waals surface area contributed by atoms with Gasteiger partial charge in [0.05, 0.1) is 6.04 Å². The van der Waals surface area contributed by atoms with Gasteiger partial charge in [-0.3, -0.25) is 9.59 Å². The van der Waals surface area contributed by atoms with Crippen molar-refractivity contribution >= 4 is 17.5 Å². The zero-order valence-electron chi connectivity index (χ0n) is 16.4. The Bertz CT molecular complexity index is 1090. The Hall–Kier alpha value is -3.61. The van der Waals surface area contributed by atoms with E-state index in [1.165, 1.54) is 6.07 Å². The highest BCUT2D eigenvalue weighted by Crippen LogP contribution is 2.27. The molecule has 0 fully saturated rings. The molecule has 1 aromatic heterocycles. The fourth-order valence-corrected chi connectivity index (χ4v) is 3.35. The van der Waals surface area contributed by atoms with E-state index in [-0.39, 0.29) is 24.1 Å². The lowest BCUT2D eigenvalue weighted by molar-refractivity contribution is -0.116. The second-order valence-corrected chi connectivity index (χ2v) is 7.14. The standard InChI is InChI=1S/C23H21FN2O4/c1-14(18-4-2-3-5-19(18)24)25-23(28)21-10-8-17(30-21)13-29-16-7-9-20-15(12-16)6-11-22(27)26-20/h2-5,7-10,12,14H,6,11,13H2,1H3,(H,25,28)(H,26,27). The van der Waals surface area contributed by atoms with Crippen LogP contribution >= 0.6 is 0 Å². The quantitative estimate of drug-likeness (QED) is 0.635. The molecule has 0 saturated heterocycles. The summed E-state index contributed by atoms with van der Waals surface area (Å²) in [6.07, 6.45) is 1.13. The molecule has 30 heavy (non-hydrogen) atoms. The van der Waals surface area contributed by atoms with Gasteiger partial charge in [-0.15, -0.1) is 0 Å². The number of halogens is 1. The van der Waals surface area contributed by atoms with E-state index in [1.54, 1.807) is 43.3 Å². The minimum atomic E-state index is -0.500. The number of amides is 2. The summed E-state index contributed by atoms with van der Waals surface area (Å²) >= 11 is 0. The van der Waals surface area contributed by atoms with Gasteiger partial charge in [0, 0.05) is 17.7 Å². The summed E-state index contributed by atoms with van der Waals surface area (Å²) in [6, 6.07) is 14.5. The average molecular weight is 408 g/mol. The molecule has 0 saturated carbocycles. The molecule has 1 atom stereocenters. The van der Waals surface area contributed by atoms with Crippen LogP contribution < -0.4 is 15.4 Å². The maximum atomic E-state index is 13.9. The molecule has 0 spiro atoms. The van der Waals surface area contributed by atoms with E-state index in [0.29, 0.717) is 29.9 Å². The van der Waals surface area contributed by atoms with E-state index in [2.05, 4.69) is 10.6 Å². The first-order chi connectivity index (χ1) is 14.5. The number of fused-ring (bicyclic) bond motifs is 1. The van der Waals surface area contributed by atoms with Crippen molar-refractivity contribution in [2.24, 2.45) is 0 Å². The number of carbonyl (C=O) groups excluding carboxylic acids is 2. The lowest BCUT2D eigenvalue weighted by Crippen LogP contribution is -2.26. The molecule has 0 radical (unpaired) electrons. The minimum absolute atomic E-state index is 0.0156. The van der Waals surface area contributed by atoms with Crippen molar-refractivity contribution in [3.63, 3.8) is 0 Å². The van der Waals surface area contributed by atoms with Crippen molar-refractivity contribution in [3.05, 3.63) is 83.1 Å². The molecule has 2 heterocycles. The predicted octanol–water partition coefficient (Wildman–Crippen LogP) is 4.37. The van der Waals surface area contributed by atoms with Crippen LogP contribution in [0.15, 0.2) is 59.0 Å². The van der Waals surface area contributed by atoms with E-state index < -0.39 is 11.9 Å². The normalized spacial score (nSPS) is 13.9. The number of hydrogen-bond acceptors (Lipinski definition) is 4. The molecule has 6 nitrogen and oxygen atoms in total. The Balaban J connectivity index is 1.35. The zero-order valence-corrected chi connectivity index (χ0v) is 16.4. The number of benzene rings is 2. The van der Waals surface area contributed by atoms with Gasteiger partial charge >= 0.3 is 0 Å². The number of ether oxygens (including phenoxy) is 1.